The quantitative estimate of drug-likeness (QED) is 0.0264. The standard InChI is InChI=1S/C53H89NO8/c1-3-5-7-9-11-13-15-17-19-21-22-23-24-25-26-27-29-31-33-35-37-39-41-43-49(57)54-46(45-61-53-52(60)51(59)50(58)48(44-55)62-53)47(56)42-40-38-36-34-32-30-28-20-18-16-14-12-10-8-6-4-2/h5,7,11,13,17-20,22-23,25-26,32,34,40,42,46-48,50-53,55-56,58-60H,3-4,6,8-10,12,14-16,21,24,27-31,33,35-39,41,43-45H2,1-2H3,(H,54,57)/b7-5-,13-11-,19-17-,20-18+,23-22-,26-25-,34-32+,42-40+. The van der Waals surface area contributed by atoms with Gasteiger partial charge in [0.1, 0.15) is 24.4 Å². The van der Waals surface area contributed by atoms with Gasteiger partial charge in [-0.3, -0.25) is 4.79 Å². The van der Waals surface area contributed by atoms with Crippen LogP contribution in [0.15, 0.2) is 97.2 Å². The molecule has 0 aromatic carbocycles. The normalized spacial score (nSPS) is 21.2. The summed E-state index contributed by atoms with van der Waals surface area (Å²) < 4.78 is 11.2. The van der Waals surface area contributed by atoms with Gasteiger partial charge in [0.2, 0.25) is 5.91 Å². The molecule has 0 saturated carbocycles. The second-order valence-electron chi connectivity index (χ2n) is 16.5. The maximum Gasteiger partial charge on any atom is 0.220 e. The van der Waals surface area contributed by atoms with Crippen LogP contribution in [-0.2, 0) is 14.3 Å². The number of unbranched alkanes of at least 4 members (excludes halogenated alkanes) is 15. The van der Waals surface area contributed by atoms with E-state index in [1.807, 2.05) is 6.08 Å². The van der Waals surface area contributed by atoms with Crippen molar-refractivity contribution < 1.29 is 39.8 Å². The largest absolute Gasteiger partial charge is 0.394 e. The highest BCUT2D eigenvalue weighted by atomic mass is 16.7. The molecule has 0 aromatic rings. The average Bonchev–Trinajstić information content (AvgIpc) is 3.27. The molecule has 9 nitrogen and oxygen atoms in total. The fourth-order valence-electron chi connectivity index (χ4n) is 6.98. The Labute approximate surface area is 377 Å². The molecule has 62 heavy (non-hydrogen) atoms. The van der Waals surface area contributed by atoms with E-state index in [1.165, 1.54) is 57.8 Å². The summed E-state index contributed by atoms with van der Waals surface area (Å²) in [4.78, 5) is 13.0. The number of ether oxygens (including phenoxy) is 2. The van der Waals surface area contributed by atoms with Crippen LogP contribution in [-0.4, -0.2) is 87.5 Å². The van der Waals surface area contributed by atoms with Crippen LogP contribution in [0, 0.1) is 0 Å². The summed E-state index contributed by atoms with van der Waals surface area (Å²) in [5, 5.41) is 54.2. The Hall–Kier alpha value is -2.89. The van der Waals surface area contributed by atoms with Crippen molar-refractivity contribution >= 4 is 5.91 Å². The zero-order chi connectivity index (χ0) is 45.1. The van der Waals surface area contributed by atoms with E-state index in [0.717, 1.165) is 96.3 Å². The molecule has 1 aliphatic heterocycles. The second-order valence-corrected chi connectivity index (χ2v) is 16.5. The monoisotopic (exact) mass is 868 g/mol. The average molecular weight is 868 g/mol. The van der Waals surface area contributed by atoms with Gasteiger partial charge < -0.3 is 40.3 Å². The van der Waals surface area contributed by atoms with Gasteiger partial charge in [0.15, 0.2) is 6.29 Å². The first kappa shape index (κ1) is 57.1. The van der Waals surface area contributed by atoms with E-state index < -0.39 is 49.5 Å². The minimum Gasteiger partial charge on any atom is -0.394 e. The third-order valence-electron chi connectivity index (χ3n) is 10.9. The van der Waals surface area contributed by atoms with Crippen molar-refractivity contribution in [2.45, 2.75) is 217 Å². The molecule has 6 N–H and O–H groups in total. The van der Waals surface area contributed by atoms with Crippen LogP contribution in [0.2, 0.25) is 0 Å². The summed E-state index contributed by atoms with van der Waals surface area (Å²) in [7, 11) is 0. The van der Waals surface area contributed by atoms with Crippen LogP contribution in [0.25, 0.3) is 0 Å². The van der Waals surface area contributed by atoms with E-state index in [4.69, 9.17) is 9.47 Å². The Bertz CT molecular complexity index is 1280. The molecule has 0 aromatic heterocycles. The fraction of sp³-hybridized carbons (Fsp3) is 0.679. The van der Waals surface area contributed by atoms with E-state index in [9.17, 15) is 30.3 Å². The highest BCUT2D eigenvalue weighted by Crippen LogP contribution is 2.22. The Morgan fingerprint density at radius 2 is 1.02 bits per heavy atom. The first-order valence-corrected chi connectivity index (χ1v) is 24.5. The van der Waals surface area contributed by atoms with Gasteiger partial charge in [0, 0.05) is 6.42 Å². The SMILES string of the molecule is CC/C=C\C/C=C\C/C=C\C/C=C\C/C=C\CCCCCCCCCC(=O)NC(COC1OC(CO)C(O)C(O)C1O)C(O)/C=C/CC/C=C/CC/C=C/CCCCCCCC. The van der Waals surface area contributed by atoms with Crippen LogP contribution >= 0.6 is 0 Å². The van der Waals surface area contributed by atoms with Crippen molar-refractivity contribution in [3.63, 3.8) is 0 Å². The van der Waals surface area contributed by atoms with Crippen molar-refractivity contribution in [3.05, 3.63) is 97.2 Å². The zero-order valence-electron chi connectivity index (χ0n) is 38.8. The van der Waals surface area contributed by atoms with Gasteiger partial charge in [0.25, 0.3) is 0 Å². The lowest BCUT2D eigenvalue weighted by Gasteiger charge is -2.40. The lowest BCUT2D eigenvalue weighted by Crippen LogP contribution is -2.60. The third-order valence-corrected chi connectivity index (χ3v) is 10.9. The van der Waals surface area contributed by atoms with Crippen molar-refractivity contribution in [1.29, 1.82) is 0 Å². The molecular formula is C53H89NO8. The molecule has 0 radical (unpaired) electrons. The Morgan fingerprint density at radius 3 is 1.55 bits per heavy atom. The van der Waals surface area contributed by atoms with Gasteiger partial charge in [-0.15, -0.1) is 0 Å². The summed E-state index contributed by atoms with van der Waals surface area (Å²) in [5.41, 5.74) is 0. The lowest BCUT2D eigenvalue weighted by atomic mass is 9.99. The Balaban J connectivity index is 2.36. The zero-order valence-corrected chi connectivity index (χ0v) is 38.8. The van der Waals surface area contributed by atoms with E-state index in [2.05, 4.69) is 104 Å². The predicted molar refractivity (Wildman–Crippen MR) is 258 cm³/mol. The molecule has 1 saturated heterocycles. The molecule has 1 rings (SSSR count). The fourth-order valence-corrected chi connectivity index (χ4v) is 6.98. The Morgan fingerprint density at radius 1 is 0.565 bits per heavy atom. The van der Waals surface area contributed by atoms with Crippen LogP contribution < -0.4 is 5.32 Å². The van der Waals surface area contributed by atoms with Gasteiger partial charge in [-0.05, 0) is 89.9 Å². The van der Waals surface area contributed by atoms with Crippen LogP contribution in [0.3, 0.4) is 0 Å². The minimum absolute atomic E-state index is 0.208. The van der Waals surface area contributed by atoms with Crippen molar-refractivity contribution in [1.82, 2.24) is 5.32 Å². The topological polar surface area (TPSA) is 149 Å². The van der Waals surface area contributed by atoms with E-state index in [0.29, 0.717) is 6.42 Å². The van der Waals surface area contributed by atoms with Gasteiger partial charge >= 0.3 is 0 Å². The maximum absolute atomic E-state index is 13.0. The van der Waals surface area contributed by atoms with E-state index >= 15 is 0 Å². The van der Waals surface area contributed by atoms with Crippen molar-refractivity contribution in [3.8, 4) is 0 Å². The molecule has 1 aliphatic rings. The summed E-state index contributed by atoms with van der Waals surface area (Å²) in [5.74, 6) is -0.208. The predicted octanol–water partition coefficient (Wildman–Crippen LogP) is 10.9. The number of aliphatic hydroxyl groups excluding tert-OH is 5. The van der Waals surface area contributed by atoms with Gasteiger partial charge in [-0.2, -0.15) is 0 Å². The van der Waals surface area contributed by atoms with Gasteiger partial charge in [0.05, 0.1) is 25.4 Å². The van der Waals surface area contributed by atoms with Crippen molar-refractivity contribution in [2.24, 2.45) is 0 Å². The molecule has 1 fully saturated rings. The molecule has 0 spiro atoms. The molecule has 9 heteroatoms. The Kier molecular flexibility index (Phi) is 38.8. The number of carbonyl (C=O) groups excluding carboxylic acids is 1. The summed E-state index contributed by atoms with van der Waals surface area (Å²) in [6.45, 7) is 3.60. The second kappa shape index (κ2) is 42.1. The lowest BCUT2D eigenvalue weighted by molar-refractivity contribution is -0.302. The van der Waals surface area contributed by atoms with Gasteiger partial charge in [-0.25, -0.2) is 0 Å². The van der Waals surface area contributed by atoms with Gasteiger partial charge in [-0.1, -0.05) is 175 Å². The number of carbonyl (C=O) groups is 1. The number of rotatable bonds is 39. The number of nitrogens with one attached hydrogen (secondary N) is 1. The highest BCUT2D eigenvalue weighted by Gasteiger charge is 2.44. The molecule has 0 bridgehead atoms. The number of aliphatic hydroxyl groups is 5. The van der Waals surface area contributed by atoms with E-state index in [-0.39, 0.29) is 12.5 Å². The molecule has 354 valence electrons. The first-order valence-electron chi connectivity index (χ1n) is 24.5. The van der Waals surface area contributed by atoms with Crippen LogP contribution in [0.1, 0.15) is 174 Å². The minimum atomic E-state index is -1.58. The maximum atomic E-state index is 13.0. The first-order chi connectivity index (χ1) is 30.3. The molecule has 7 unspecified atom stereocenters. The molecule has 7 atom stereocenters. The van der Waals surface area contributed by atoms with Crippen LogP contribution in [0.4, 0.5) is 0 Å². The molecule has 1 amide bonds. The smallest absolute Gasteiger partial charge is 0.220 e. The number of hydrogen-bond acceptors (Lipinski definition) is 8. The number of amides is 1. The summed E-state index contributed by atoms with van der Waals surface area (Å²) >= 11 is 0. The molecule has 0 aliphatic carbocycles. The van der Waals surface area contributed by atoms with Crippen LogP contribution in [0.5, 0.6) is 0 Å². The molecular weight excluding hydrogens is 779 g/mol. The summed E-state index contributed by atoms with van der Waals surface area (Å²) in [6.07, 6.45) is 53.0. The van der Waals surface area contributed by atoms with Crippen molar-refractivity contribution in [2.75, 3.05) is 13.2 Å². The summed E-state index contributed by atoms with van der Waals surface area (Å²) in [6, 6.07) is -0.840. The third kappa shape index (κ3) is 31.9. The number of hydrogen-bond donors (Lipinski definition) is 6. The van der Waals surface area contributed by atoms with E-state index in [1.54, 1.807) is 6.08 Å². The highest BCUT2D eigenvalue weighted by molar-refractivity contribution is 5.76. The molecule has 1 heterocycles. The number of allylic oxidation sites excluding steroid dienone is 15.